The van der Waals surface area contributed by atoms with Crippen LogP contribution >= 0.6 is 0 Å². The van der Waals surface area contributed by atoms with Crippen LogP contribution in [0.1, 0.15) is 24.1 Å². The van der Waals surface area contributed by atoms with Crippen LogP contribution in [0.25, 0.3) is 16.6 Å². The molecule has 27 heavy (non-hydrogen) atoms. The molecule has 0 radical (unpaired) electrons. The molecule has 3 aromatic rings. The van der Waals surface area contributed by atoms with Crippen molar-refractivity contribution in [3.05, 3.63) is 59.8 Å². The molecular formula is C18H16F3N3O2S. The Labute approximate surface area is 153 Å². The Morgan fingerprint density at radius 2 is 1.74 bits per heavy atom. The second-order valence-electron chi connectivity index (χ2n) is 6.49. The molecule has 142 valence electrons. The molecule has 1 fully saturated rings. The van der Waals surface area contributed by atoms with Gasteiger partial charge in [-0.2, -0.15) is 18.3 Å². The molecule has 1 aromatic heterocycles. The van der Waals surface area contributed by atoms with E-state index in [0.29, 0.717) is 29.7 Å². The minimum absolute atomic E-state index is 0.0347. The first kappa shape index (κ1) is 18.0. The summed E-state index contributed by atoms with van der Waals surface area (Å²) in [6.45, 7) is 0.0347. The van der Waals surface area contributed by atoms with Crippen molar-refractivity contribution in [3.63, 3.8) is 0 Å². The van der Waals surface area contributed by atoms with Crippen LogP contribution in [0.5, 0.6) is 0 Å². The molecular weight excluding hydrogens is 379 g/mol. The van der Waals surface area contributed by atoms with E-state index < -0.39 is 21.8 Å². The van der Waals surface area contributed by atoms with Crippen LogP contribution in [0, 0.1) is 0 Å². The van der Waals surface area contributed by atoms with Gasteiger partial charge < -0.3 is 0 Å². The zero-order valence-corrected chi connectivity index (χ0v) is 14.9. The van der Waals surface area contributed by atoms with E-state index in [-0.39, 0.29) is 11.8 Å². The Hall–Kier alpha value is -2.39. The third kappa shape index (κ3) is 3.57. The molecule has 0 unspecified atom stereocenters. The lowest BCUT2D eigenvalue weighted by Crippen LogP contribution is -2.27. The summed E-state index contributed by atoms with van der Waals surface area (Å²) < 4.78 is 66.5. The molecule has 1 heterocycles. The number of fused-ring (bicyclic) bond motifs is 1. The van der Waals surface area contributed by atoms with Gasteiger partial charge in [-0.15, -0.1) is 0 Å². The van der Waals surface area contributed by atoms with E-state index in [1.54, 1.807) is 18.2 Å². The summed E-state index contributed by atoms with van der Waals surface area (Å²) in [6, 6.07) is 11.9. The topological polar surface area (TPSA) is 64.0 Å². The molecule has 0 bridgehead atoms. The summed E-state index contributed by atoms with van der Waals surface area (Å²) >= 11 is 0. The Morgan fingerprint density at radius 3 is 2.37 bits per heavy atom. The zero-order valence-electron chi connectivity index (χ0n) is 14.1. The van der Waals surface area contributed by atoms with Gasteiger partial charge in [0.1, 0.15) is 0 Å². The van der Waals surface area contributed by atoms with E-state index in [9.17, 15) is 21.6 Å². The third-order valence-corrected chi connectivity index (χ3v) is 6.40. The molecule has 0 aliphatic heterocycles. The molecule has 4 rings (SSSR count). The number of benzene rings is 2. The van der Waals surface area contributed by atoms with Gasteiger partial charge in [0.15, 0.2) is 0 Å². The largest absolute Gasteiger partial charge is 0.416 e. The van der Waals surface area contributed by atoms with Gasteiger partial charge in [-0.25, -0.2) is 17.8 Å². The lowest BCUT2D eigenvalue weighted by molar-refractivity contribution is -0.137. The normalized spacial score (nSPS) is 15.4. The van der Waals surface area contributed by atoms with Crippen LogP contribution < -0.4 is 4.72 Å². The monoisotopic (exact) mass is 395 g/mol. The lowest BCUT2D eigenvalue weighted by atomic mass is 10.2. The van der Waals surface area contributed by atoms with E-state index in [2.05, 4.69) is 9.82 Å². The number of nitrogens with one attached hydrogen (secondary N) is 1. The third-order valence-electron chi connectivity index (χ3n) is 4.51. The predicted octanol–water partition coefficient (Wildman–Crippen LogP) is 3.63. The standard InChI is InChI=1S/C18H16F3N3O2S/c19-18(20,21)12-5-7-13(8-6-12)24-17-4-2-1-3-15(17)16(23-24)11-22-27(25,26)14-9-10-14/h1-8,14,22H,9-11H2. The minimum Gasteiger partial charge on any atom is -0.233 e. The van der Waals surface area contributed by atoms with Crippen molar-refractivity contribution in [3.8, 4) is 5.69 Å². The Morgan fingerprint density at radius 1 is 1.07 bits per heavy atom. The highest BCUT2D eigenvalue weighted by Gasteiger charge is 2.35. The van der Waals surface area contributed by atoms with Crippen molar-refractivity contribution < 1.29 is 21.6 Å². The Bertz CT molecular complexity index is 1090. The van der Waals surface area contributed by atoms with E-state index in [1.165, 1.54) is 16.8 Å². The molecule has 1 N–H and O–H groups in total. The van der Waals surface area contributed by atoms with Gasteiger partial charge in [0, 0.05) is 5.39 Å². The number of rotatable bonds is 5. The molecule has 1 saturated carbocycles. The van der Waals surface area contributed by atoms with Gasteiger partial charge in [0.2, 0.25) is 10.0 Å². The van der Waals surface area contributed by atoms with Crippen molar-refractivity contribution in [1.82, 2.24) is 14.5 Å². The number of para-hydroxylation sites is 1. The fraction of sp³-hybridized carbons (Fsp3) is 0.278. The Kier molecular flexibility index (Phi) is 4.23. The maximum Gasteiger partial charge on any atom is 0.416 e. The Balaban J connectivity index is 1.69. The van der Waals surface area contributed by atoms with Gasteiger partial charge in [-0.3, -0.25) is 0 Å². The summed E-state index contributed by atoms with van der Waals surface area (Å²) in [5, 5.41) is 4.86. The zero-order chi connectivity index (χ0) is 19.2. The fourth-order valence-corrected chi connectivity index (χ4v) is 4.25. The minimum atomic E-state index is -4.41. The van der Waals surface area contributed by atoms with Gasteiger partial charge in [-0.1, -0.05) is 18.2 Å². The van der Waals surface area contributed by atoms with Crippen molar-refractivity contribution in [2.75, 3.05) is 0 Å². The first-order chi connectivity index (χ1) is 12.8. The number of alkyl halides is 3. The number of hydrogen-bond donors (Lipinski definition) is 1. The first-order valence-corrected chi connectivity index (χ1v) is 9.93. The quantitative estimate of drug-likeness (QED) is 0.718. The maximum atomic E-state index is 12.8. The van der Waals surface area contributed by atoms with Crippen LogP contribution in [-0.2, 0) is 22.7 Å². The maximum absolute atomic E-state index is 12.8. The van der Waals surface area contributed by atoms with Crippen molar-refractivity contribution in [1.29, 1.82) is 0 Å². The summed E-state index contributed by atoms with van der Waals surface area (Å²) in [5.41, 5.74) is 0.947. The highest BCUT2D eigenvalue weighted by atomic mass is 32.2. The molecule has 0 atom stereocenters. The van der Waals surface area contributed by atoms with Crippen LogP contribution in [0.15, 0.2) is 48.5 Å². The summed E-state index contributed by atoms with van der Waals surface area (Å²) in [7, 11) is -3.36. The van der Waals surface area contributed by atoms with E-state index in [1.807, 2.05) is 6.07 Å². The highest BCUT2D eigenvalue weighted by molar-refractivity contribution is 7.90. The molecule has 1 aliphatic carbocycles. The highest BCUT2D eigenvalue weighted by Crippen LogP contribution is 2.31. The van der Waals surface area contributed by atoms with Gasteiger partial charge in [0.05, 0.1) is 34.3 Å². The molecule has 2 aromatic carbocycles. The number of aromatic nitrogens is 2. The number of halogens is 3. The molecule has 1 aliphatic rings. The number of nitrogens with zero attached hydrogens (tertiary/aromatic N) is 2. The summed E-state index contributed by atoms with van der Waals surface area (Å²) in [5.74, 6) is 0. The molecule has 9 heteroatoms. The van der Waals surface area contributed by atoms with Crippen molar-refractivity contribution >= 4 is 20.9 Å². The van der Waals surface area contributed by atoms with Crippen molar-refractivity contribution in [2.24, 2.45) is 0 Å². The molecule has 0 spiro atoms. The van der Waals surface area contributed by atoms with E-state index >= 15 is 0 Å². The van der Waals surface area contributed by atoms with E-state index in [0.717, 1.165) is 17.5 Å². The number of sulfonamides is 1. The van der Waals surface area contributed by atoms with E-state index in [4.69, 9.17) is 0 Å². The second-order valence-corrected chi connectivity index (χ2v) is 8.53. The average molecular weight is 395 g/mol. The summed E-state index contributed by atoms with van der Waals surface area (Å²) in [4.78, 5) is 0. The first-order valence-electron chi connectivity index (χ1n) is 8.38. The average Bonchev–Trinajstić information content (AvgIpc) is 3.43. The SMILES string of the molecule is O=S(=O)(NCc1nn(-c2ccc(C(F)(F)F)cc2)c2ccccc12)C1CC1. The molecule has 0 amide bonds. The van der Waals surface area contributed by atoms with Crippen LogP contribution in [0.3, 0.4) is 0 Å². The fourth-order valence-electron chi connectivity index (χ4n) is 2.91. The number of hydrogen-bond acceptors (Lipinski definition) is 3. The van der Waals surface area contributed by atoms with Crippen molar-refractivity contribution in [2.45, 2.75) is 30.8 Å². The smallest absolute Gasteiger partial charge is 0.233 e. The van der Waals surface area contributed by atoms with Gasteiger partial charge >= 0.3 is 6.18 Å². The van der Waals surface area contributed by atoms with Crippen LogP contribution in [0.2, 0.25) is 0 Å². The van der Waals surface area contributed by atoms with Crippen LogP contribution in [0.4, 0.5) is 13.2 Å². The lowest BCUT2D eigenvalue weighted by Gasteiger charge is -2.08. The summed E-state index contributed by atoms with van der Waals surface area (Å²) in [6.07, 6.45) is -3.08. The van der Waals surface area contributed by atoms with Gasteiger partial charge in [-0.05, 0) is 43.2 Å². The predicted molar refractivity (Wildman–Crippen MR) is 94.9 cm³/mol. The molecule has 0 saturated heterocycles. The van der Waals surface area contributed by atoms with Gasteiger partial charge in [0.25, 0.3) is 0 Å². The second kappa shape index (κ2) is 6.35. The molecule has 5 nitrogen and oxygen atoms in total. The van der Waals surface area contributed by atoms with Crippen LogP contribution in [-0.4, -0.2) is 23.4 Å².